The SMILES string of the molecule is Cc1cc(C(C)(C)C)cc2c1OCC(C)O2. The van der Waals surface area contributed by atoms with Crippen LogP contribution in [0.25, 0.3) is 0 Å². The number of hydrogen-bond donors (Lipinski definition) is 0. The smallest absolute Gasteiger partial charge is 0.164 e. The Morgan fingerprint density at radius 3 is 2.56 bits per heavy atom. The van der Waals surface area contributed by atoms with E-state index in [1.807, 2.05) is 6.92 Å². The van der Waals surface area contributed by atoms with Gasteiger partial charge in [-0.25, -0.2) is 0 Å². The molecule has 0 bridgehead atoms. The normalized spacial score (nSPS) is 19.7. The maximum Gasteiger partial charge on any atom is 0.164 e. The molecule has 1 atom stereocenters. The van der Waals surface area contributed by atoms with Gasteiger partial charge in [-0.1, -0.05) is 26.8 Å². The standard InChI is InChI=1S/C14H20O2/c1-9-6-11(14(3,4)5)7-12-13(9)15-8-10(2)16-12/h6-7,10H,8H2,1-5H3. The van der Waals surface area contributed by atoms with Gasteiger partial charge in [-0.3, -0.25) is 0 Å². The maximum atomic E-state index is 5.82. The zero-order chi connectivity index (χ0) is 11.9. The summed E-state index contributed by atoms with van der Waals surface area (Å²) in [6.07, 6.45) is 0.141. The number of benzene rings is 1. The summed E-state index contributed by atoms with van der Waals surface area (Å²) < 4.78 is 11.5. The first-order valence-electron chi connectivity index (χ1n) is 5.82. The van der Waals surface area contributed by atoms with E-state index in [9.17, 15) is 0 Å². The van der Waals surface area contributed by atoms with Crippen LogP contribution in [0, 0.1) is 6.92 Å². The van der Waals surface area contributed by atoms with Gasteiger partial charge < -0.3 is 9.47 Å². The fourth-order valence-corrected chi connectivity index (χ4v) is 1.90. The highest BCUT2D eigenvalue weighted by atomic mass is 16.6. The van der Waals surface area contributed by atoms with Gasteiger partial charge in [0.15, 0.2) is 11.5 Å². The Kier molecular flexibility index (Phi) is 2.61. The zero-order valence-corrected chi connectivity index (χ0v) is 10.8. The summed E-state index contributed by atoms with van der Waals surface area (Å²) in [4.78, 5) is 0. The molecule has 1 aromatic rings. The van der Waals surface area contributed by atoms with Gasteiger partial charge in [-0.2, -0.15) is 0 Å². The van der Waals surface area contributed by atoms with Crippen molar-refractivity contribution in [1.82, 2.24) is 0 Å². The minimum atomic E-state index is 0.141. The third kappa shape index (κ3) is 2.01. The minimum absolute atomic E-state index is 0.141. The average Bonchev–Trinajstić information content (AvgIpc) is 2.15. The molecule has 2 heteroatoms. The first-order valence-corrected chi connectivity index (χ1v) is 5.82. The van der Waals surface area contributed by atoms with E-state index in [1.165, 1.54) is 5.56 Å². The monoisotopic (exact) mass is 220 g/mol. The Bertz CT molecular complexity index is 402. The number of ether oxygens (including phenoxy) is 2. The quantitative estimate of drug-likeness (QED) is 0.666. The summed E-state index contributed by atoms with van der Waals surface area (Å²) in [5.74, 6) is 1.80. The van der Waals surface area contributed by atoms with Crippen LogP contribution in [0.2, 0.25) is 0 Å². The van der Waals surface area contributed by atoms with E-state index < -0.39 is 0 Å². The molecule has 0 aromatic heterocycles. The van der Waals surface area contributed by atoms with Gasteiger partial charge in [0, 0.05) is 0 Å². The summed E-state index contributed by atoms with van der Waals surface area (Å²) in [5.41, 5.74) is 2.60. The van der Waals surface area contributed by atoms with Gasteiger partial charge in [0.05, 0.1) is 0 Å². The molecule has 2 nitrogen and oxygen atoms in total. The molecule has 0 N–H and O–H groups in total. The summed E-state index contributed by atoms with van der Waals surface area (Å²) >= 11 is 0. The second kappa shape index (κ2) is 3.69. The number of fused-ring (bicyclic) bond motifs is 1. The van der Waals surface area contributed by atoms with Crippen molar-refractivity contribution < 1.29 is 9.47 Å². The molecule has 0 aliphatic carbocycles. The van der Waals surface area contributed by atoms with Gasteiger partial charge in [-0.05, 0) is 36.5 Å². The molecular formula is C14H20O2. The third-order valence-electron chi connectivity index (χ3n) is 2.90. The van der Waals surface area contributed by atoms with Crippen molar-refractivity contribution in [2.75, 3.05) is 6.61 Å². The summed E-state index contributed by atoms with van der Waals surface area (Å²) in [6.45, 7) is 11.4. The van der Waals surface area contributed by atoms with Crippen molar-refractivity contribution in [2.24, 2.45) is 0 Å². The lowest BCUT2D eigenvalue weighted by molar-refractivity contribution is 0.103. The predicted molar refractivity (Wildman–Crippen MR) is 65.5 cm³/mol. The van der Waals surface area contributed by atoms with E-state index in [0.29, 0.717) is 6.61 Å². The Hall–Kier alpha value is -1.18. The fourth-order valence-electron chi connectivity index (χ4n) is 1.90. The van der Waals surface area contributed by atoms with Gasteiger partial charge in [-0.15, -0.1) is 0 Å². The summed E-state index contributed by atoms with van der Waals surface area (Å²) in [5, 5.41) is 0. The molecule has 0 fully saturated rings. The van der Waals surface area contributed by atoms with E-state index in [1.54, 1.807) is 0 Å². The Labute approximate surface area is 97.6 Å². The molecule has 1 unspecified atom stereocenters. The number of rotatable bonds is 0. The molecule has 16 heavy (non-hydrogen) atoms. The molecule has 0 spiro atoms. The lowest BCUT2D eigenvalue weighted by atomic mass is 9.86. The molecule has 1 aliphatic heterocycles. The zero-order valence-electron chi connectivity index (χ0n) is 10.8. The molecule has 0 amide bonds. The molecule has 88 valence electrons. The molecule has 2 rings (SSSR count). The third-order valence-corrected chi connectivity index (χ3v) is 2.90. The van der Waals surface area contributed by atoms with E-state index in [2.05, 4.69) is 39.8 Å². The van der Waals surface area contributed by atoms with Gasteiger partial charge >= 0.3 is 0 Å². The molecule has 0 saturated heterocycles. The van der Waals surface area contributed by atoms with Crippen LogP contribution in [0.15, 0.2) is 12.1 Å². The summed E-state index contributed by atoms with van der Waals surface area (Å²) in [6, 6.07) is 4.30. The maximum absolute atomic E-state index is 5.82. The van der Waals surface area contributed by atoms with E-state index in [0.717, 1.165) is 17.1 Å². The average molecular weight is 220 g/mol. The van der Waals surface area contributed by atoms with Gasteiger partial charge in [0.2, 0.25) is 0 Å². The largest absolute Gasteiger partial charge is 0.486 e. The van der Waals surface area contributed by atoms with Crippen LogP contribution in [0.4, 0.5) is 0 Å². The van der Waals surface area contributed by atoms with Gasteiger partial charge in [0.25, 0.3) is 0 Å². The van der Waals surface area contributed by atoms with Crippen LogP contribution in [-0.4, -0.2) is 12.7 Å². The molecule has 1 aliphatic rings. The molecule has 0 radical (unpaired) electrons. The highest BCUT2D eigenvalue weighted by molar-refractivity contribution is 5.51. The highest BCUT2D eigenvalue weighted by Crippen LogP contribution is 2.39. The van der Waals surface area contributed by atoms with Crippen molar-refractivity contribution in [3.8, 4) is 11.5 Å². The highest BCUT2D eigenvalue weighted by Gasteiger charge is 2.23. The second-order valence-corrected chi connectivity index (χ2v) is 5.61. The van der Waals surface area contributed by atoms with Crippen LogP contribution < -0.4 is 9.47 Å². The summed E-state index contributed by atoms with van der Waals surface area (Å²) in [7, 11) is 0. The predicted octanol–water partition coefficient (Wildman–Crippen LogP) is 3.45. The van der Waals surface area contributed by atoms with Crippen molar-refractivity contribution >= 4 is 0 Å². The second-order valence-electron chi connectivity index (χ2n) is 5.61. The van der Waals surface area contributed by atoms with Crippen molar-refractivity contribution in [3.05, 3.63) is 23.3 Å². The van der Waals surface area contributed by atoms with Crippen LogP contribution in [0.1, 0.15) is 38.8 Å². The van der Waals surface area contributed by atoms with Crippen LogP contribution in [-0.2, 0) is 5.41 Å². The lowest BCUT2D eigenvalue weighted by Gasteiger charge is -2.28. The molecule has 0 saturated carbocycles. The molecule has 1 aromatic carbocycles. The minimum Gasteiger partial charge on any atom is -0.486 e. The van der Waals surface area contributed by atoms with Crippen LogP contribution in [0.5, 0.6) is 11.5 Å². The first kappa shape index (κ1) is 11.3. The first-order chi connectivity index (χ1) is 7.38. The van der Waals surface area contributed by atoms with E-state index >= 15 is 0 Å². The number of hydrogen-bond acceptors (Lipinski definition) is 2. The van der Waals surface area contributed by atoms with Crippen LogP contribution >= 0.6 is 0 Å². The van der Waals surface area contributed by atoms with Gasteiger partial charge in [0.1, 0.15) is 12.7 Å². The molecular weight excluding hydrogens is 200 g/mol. The Balaban J connectivity index is 2.48. The van der Waals surface area contributed by atoms with Crippen molar-refractivity contribution in [2.45, 2.75) is 46.1 Å². The number of aryl methyl sites for hydroxylation is 1. The topological polar surface area (TPSA) is 18.5 Å². The Morgan fingerprint density at radius 1 is 1.25 bits per heavy atom. The van der Waals surface area contributed by atoms with Crippen molar-refractivity contribution in [1.29, 1.82) is 0 Å². The Morgan fingerprint density at radius 2 is 1.94 bits per heavy atom. The fraction of sp³-hybridized carbons (Fsp3) is 0.571. The van der Waals surface area contributed by atoms with Crippen molar-refractivity contribution in [3.63, 3.8) is 0 Å². The lowest BCUT2D eigenvalue weighted by Crippen LogP contribution is -2.26. The van der Waals surface area contributed by atoms with E-state index in [4.69, 9.17) is 9.47 Å². The molecule has 1 heterocycles. The van der Waals surface area contributed by atoms with Crippen LogP contribution in [0.3, 0.4) is 0 Å². The van der Waals surface area contributed by atoms with E-state index in [-0.39, 0.29) is 11.5 Å².